The van der Waals surface area contributed by atoms with Gasteiger partial charge in [0.25, 0.3) is 0 Å². The first-order valence-electron chi connectivity index (χ1n) is 5.59. The summed E-state index contributed by atoms with van der Waals surface area (Å²) >= 11 is 3.10. The highest BCUT2D eigenvalue weighted by molar-refractivity contribution is 9.10. The predicted octanol–water partition coefficient (Wildman–Crippen LogP) is 2.74. The van der Waals surface area contributed by atoms with Crippen molar-refractivity contribution in [2.45, 2.75) is 20.3 Å². The molecule has 2 rings (SSSR count). The standard InChI is InChI=1S/C12H11BrFN3O2/c1-3-9-11(12(18)19)15-16-17(9)10-5-8(14)7(13)4-6(10)2/h4-5H,3H2,1-2H3,(H,18,19). The lowest BCUT2D eigenvalue weighted by Crippen LogP contribution is -2.07. The number of nitrogens with zero attached hydrogens (tertiary/aromatic N) is 3. The maximum absolute atomic E-state index is 13.6. The molecule has 0 atom stereocenters. The van der Waals surface area contributed by atoms with Gasteiger partial charge in [-0.2, -0.15) is 0 Å². The third-order valence-electron chi connectivity index (χ3n) is 2.77. The first-order valence-corrected chi connectivity index (χ1v) is 6.38. The fourth-order valence-corrected chi connectivity index (χ4v) is 2.30. The van der Waals surface area contributed by atoms with E-state index >= 15 is 0 Å². The molecule has 0 bridgehead atoms. The molecule has 0 aliphatic heterocycles. The molecule has 0 aliphatic carbocycles. The van der Waals surface area contributed by atoms with E-state index in [0.29, 0.717) is 22.3 Å². The van der Waals surface area contributed by atoms with E-state index < -0.39 is 11.8 Å². The van der Waals surface area contributed by atoms with Crippen LogP contribution < -0.4 is 0 Å². The Morgan fingerprint density at radius 1 is 1.53 bits per heavy atom. The van der Waals surface area contributed by atoms with Crippen molar-refractivity contribution >= 4 is 21.9 Å². The number of aryl methyl sites for hydroxylation is 1. The van der Waals surface area contributed by atoms with E-state index in [4.69, 9.17) is 5.11 Å². The summed E-state index contributed by atoms with van der Waals surface area (Å²) in [5.41, 5.74) is 1.59. The molecule has 0 saturated carbocycles. The maximum Gasteiger partial charge on any atom is 0.358 e. The zero-order valence-corrected chi connectivity index (χ0v) is 11.9. The van der Waals surface area contributed by atoms with Crippen molar-refractivity contribution in [1.82, 2.24) is 15.0 Å². The van der Waals surface area contributed by atoms with Crippen LogP contribution in [0.3, 0.4) is 0 Å². The van der Waals surface area contributed by atoms with Gasteiger partial charge in [0.2, 0.25) is 0 Å². The molecule has 0 amide bonds. The number of aromatic nitrogens is 3. The second-order valence-corrected chi connectivity index (χ2v) is 4.86. The van der Waals surface area contributed by atoms with Crippen LogP contribution in [0.25, 0.3) is 5.69 Å². The molecule has 100 valence electrons. The quantitative estimate of drug-likeness (QED) is 0.941. The summed E-state index contributed by atoms with van der Waals surface area (Å²) in [5.74, 6) is -1.58. The molecule has 0 unspecified atom stereocenters. The lowest BCUT2D eigenvalue weighted by atomic mass is 10.2. The molecule has 5 nitrogen and oxygen atoms in total. The van der Waals surface area contributed by atoms with E-state index in [9.17, 15) is 9.18 Å². The number of halogens is 2. The first kappa shape index (κ1) is 13.7. The number of benzene rings is 1. The molecule has 19 heavy (non-hydrogen) atoms. The normalized spacial score (nSPS) is 10.7. The van der Waals surface area contributed by atoms with Crippen molar-refractivity contribution in [3.63, 3.8) is 0 Å². The van der Waals surface area contributed by atoms with Crippen molar-refractivity contribution in [2.75, 3.05) is 0 Å². The molecule has 0 fully saturated rings. The topological polar surface area (TPSA) is 68.0 Å². The summed E-state index contributed by atoms with van der Waals surface area (Å²) in [6, 6.07) is 2.92. The van der Waals surface area contributed by atoms with Gasteiger partial charge < -0.3 is 5.11 Å². The van der Waals surface area contributed by atoms with Gasteiger partial charge in [-0.15, -0.1) is 5.10 Å². The molecule has 2 aromatic rings. The summed E-state index contributed by atoms with van der Waals surface area (Å²) in [6.07, 6.45) is 0.436. The zero-order chi connectivity index (χ0) is 14.2. The summed E-state index contributed by atoms with van der Waals surface area (Å²) < 4.78 is 15.3. The SMILES string of the molecule is CCc1c(C(=O)O)nnn1-c1cc(F)c(Br)cc1C. The van der Waals surface area contributed by atoms with Crippen molar-refractivity contribution in [3.8, 4) is 5.69 Å². The maximum atomic E-state index is 13.6. The van der Waals surface area contributed by atoms with Crippen molar-refractivity contribution in [1.29, 1.82) is 0 Å². The van der Waals surface area contributed by atoms with Crippen LogP contribution in [-0.4, -0.2) is 26.1 Å². The van der Waals surface area contributed by atoms with Gasteiger partial charge in [-0.25, -0.2) is 13.9 Å². The lowest BCUT2D eigenvalue weighted by molar-refractivity contribution is 0.0689. The molecule has 1 heterocycles. The Hall–Kier alpha value is -1.76. The minimum atomic E-state index is -1.14. The average Bonchev–Trinajstić information content (AvgIpc) is 2.77. The molecular weight excluding hydrogens is 317 g/mol. The molecule has 1 aromatic heterocycles. The summed E-state index contributed by atoms with van der Waals surface area (Å²) in [6.45, 7) is 3.59. The van der Waals surface area contributed by atoms with Crippen LogP contribution in [0.4, 0.5) is 4.39 Å². The van der Waals surface area contributed by atoms with E-state index in [1.165, 1.54) is 10.7 Å². The van der Waals surface area contributed by atoms with E-state index in [1.807, 2.05) is 0 Å². The van der Waals surface area contributed by atoms with E-state index in [-0.39, 0.29) is 5.69 Å². The molecular formula is C12H11BrFN3O2. The van der Waals surface area contributed by atoms with Crippen LogP contribution in [0, 0.1) is 12.7 Å². The van der Waals surface area contributed by atoms with Gasteiger partial charge in [0, 0.05) is 6.07 Å². The number of hydrogen-bond acceptors (Lipinski definition) is 3. The summed E-state index contributed by atoms with van der Waals surface area (Å²) in [7, 11) is 0. The second kappa shape index (κ2) is 5.08. The van der Waals surface area contributed by atoms with Gasteiger partial charge in [-0.3, -0.25) is 0 Å². The Morgan fingerprint density at radius 3 is 2.79 bits per heavy atom. The van der Waals surface area contributed by atoms with Crippen molar-refractivity contribution < 1.29 is 14.3 Å². The van der Waals surface area contributed by atoms with Crippen LogP contribution in [-0.2, 0) is 6.42 Å². The smallest absolute Gasteiger partial charge is 0.358 e. The highest BCUT2D eigenvalue weighted by atomic mass is 79.9. The number of carboxylic acids is 1. The fourth-order valence-electron chi connectivity index (χ4n) is 1.84. The number of carbonyl (C=O) groups is 1. The van der Waals surface area contributed by atoms with E-state index in [1.54, 1.807) is 19.9 Å². The molecule has 0 radical (unpaired) electrons. The Morgan fingerprint density at radius 2 is 2.21 bits per heavy atom. The molecule has 1 aromatic carbocycles. The summed E-state index contributed by atoms with van der Waals surface area (Å²) in [5, 5.41) is 16.5. The van der Waals surface area contributed by atoms with Gasteiger partial charge in [0.1, 0.15) is 5.82 Å². The number of hydrogen-bond donors (Lipinski definition) is 1. The van der Waals surface area contributed by atoms with E-state index in [0.717, 1.165) is 5.56 Å². The number of aromatic carboxylic acids is 1. The predicted molar refractivity (Wildman–Crippen MR) is 70.1 cm³/mol. The highest BCUT2D eigenvalue weighted by Gasteiger charge is 2.20. The molecule has 0 saturated heterocycles. The molecule has 1 N–H and O–H groups in total. The van der Waals surface area contributed by atoms with E-state index in [2.05, 4.69) is 26.2 Å². The van der Waals surface area contributed by atoms with Crippen LogP contribution >= 0.6 is 15.9 Å². The van der Waals surface area contributed by atoms with Crippen molar-refractivity contribution in [2.24, 2.45) is 0 Å². The minimum absolute atomic E-state index is 0.106. The zero-order valence-electron chi connectivity index (χ0n) is 10.3. The Kier molecular flexibility index (Phi) is 3.66. The van der Waals surface area contributed by atoms with Crippen LogP contribution in [0.1, 0.15) is 28.7 Å². The Balaban J connectivity index is 2.66. The first-order chi connectivity index (χ1) is 8.95. The summed E-state index contributed by atoms with van der Waals surface area (Å²) in [4.78, 5) is 11.0. The Bertz CT molecular complexity index is 655. The minimum Gasteiger partial charge on any atom is -0.476 e. The number of rotatable bonds is 3. The van der Waals surface area contributed by atoms with Crippen LogP contribution in [0.15, 0.2) is 16.6 Å². The van der Waals surface area contributed by atoms with Gasteiger partial charge in [-0.05, 0) is 40.9 Å². The fraction of sp³-hybridized carbons (Fsp3) is 0.250. The van der Waals surface area contributed by atoms with Gasteiger partial charge >= 0.3 is 5.97 Å². The average molecular weight is 328 g/mol. The molecule has 7 heteroatoms. The largest absolute Gasteiger partial charge is 0.476 e. The number of carboxylic acid groups (broad SMARTS) is 1. The van der Waals surface area contributed by atoms with Crippen LogP contribution in [0.2, 0.25) is 0 Å². The third-order valence-corrected chi connectivity index (χ3v) is 3.38. The van der Waals surface area contributed by atoms with Crippen molar-refractivity contribution in [3.05, 3.63) is 39.4 Å². The van der Waals surface area contributed by atoms with Gasteiger partial charge in [-0.1, -0.05) is 12.1 Å². The highest BCUT2D eigenvalue weighted by Crippen LogP contribution is 2.24. The second-order valence-electron chi connectivity index (χ2n) is 4.01. The van der Waals surface area contributed by atoms with Gasteiger partial charge in [0.05, 0.1) is 15.9 Å². The van der Waals surface area contributed by atoms with Crippen LogP contribution in [0.5, 0.6) is 0 Å². The third kappa shape index (κ3) is 2.37. The molecule has 0 spiro atoms. The molecule has 0 aliphatic rings. The Labute approximate surface area is 117 Å². The lowest BCUT2D eigenvalue weighted by Gasteiger charge is -2.09. The van der Waals surface area contributed by atoms with Gasteiger partial charge in [0.15, 0.2) is 5.69 Å². The monoisotopic (exact) mass is 327 g/mol.